The largest absolute Gasteiger partial charge is 0.494 e. The zero-order valence-corrected chi connectivity index (χ0v) is 25.3. The first-order chi connectivity index (χ1) is 21.4. The number of sulfone groups is 1. The number of ether oxygens (including phenoxy) is 2. The number of nitrogens with one attached hydrogen (secondary N) is 2. The Balaban J connectivity index is 1.59. The van der Waals surface area contributed by atoms with Crippen molar-refractivity contribution in [2.45, 2.75) is 47.9 Å². The molecule has 0 radical (unpaired) electrons. The lowest BCUT2D eigenvalue weighted by molar-refractivity contribution is -0.133. The number of anilines is 2. The molecule has 1 aliphatic heterocycles. The number of carbonyl (C=O) groups excluding carboxylic acids is 3. The predicted molar refractivity (Wildman–Crippen MR) is 161 cm³/mol. The van der Waals surface area contributed by atoms with Gasteiger partial charge in [-0.1, -0.05) is 6.07 Å². The normalized spacial score (nSPS) is 17.0. The van der Waals surface area contributed by atoms with Gasteiger partial charge in [-0.25, -0.2) is 22.0 Å². The molecule has 11 nitrogen and oxygen atoms in total. The molecule has 5 rings (SSSR count). The van der Waals surface area contributed by atoms with E-state index in [-0.39, 0.29) is 39.7 Å². The maximum absolute atomic E-state index is 15.0. The van der Waals surface area contributed by atoms with E-state index in [1.165, 1.54) is 61.6 Å². The van der Waals surface area contributed by atoms with Crippen LogP contribution in [0.4, 0.5) is 25.0 Å². The van der Waals surface area contributed by atoms with Gasteiger partial charge in [-0.3, -0.25) is 14.9 Å². The van der Waals surface area contributed by atoms with Crippen molar-refractivity contribution in [2.24, 2.45) is 5.73 Å². The maximum Gasteiger partial charge on any atom is 0.411 e. The molecule has 3 aromatic carbocycles. The number of benzene rings is 3. The van der Waals surface area contributed by atoms with Gasteiger partial charge < -0.3 is 25.4 Å². The van der Waals surface area contributed by atoms with E-state index in [9.17, 15) is 27.2 Å². The zero-order valence-electron chi connectivity index (χ0n) is 24.5. The van der Waals surface area contributed by atoms with Crippen LogP contribution >= 0.6 is 0 Å². The Kier molecular flexibility index (Phi) is 8.96. The molecule has 45 heavy (non-hydrogen) atoms. The molecule has 0 unspecified atom stereocenters. The molecule has 1 saturated carbocycles. The quantitative estimate of drug-likeness (QED) is 0.287. The van der Waals surface area contributed by atoms with E-state index in [0.717, 1.165) is 12.1 Å². The van der Waals surface area contributed by atoms with Gasteiger partial charge in [-0.05, 0) is 85.3 Å². The number of rotatable bonds is 10. The molecule has 2 fully saturated rings. The number of hydrogen-bond acceptors (Lipinski definition) is 8. The summed E-state index contributed by atoms with van der Waals surface area (Å²) in [5.41, 5.74) is 5.99. The molecule has 14 heteroatoms. The first-order valence-electron chi connectivity index (χ1n) is 14.2. The third kappa shape index (κ3) is 6.55. The second-order valence-electron chi connectivity index (χ2n) is 10.8. The van der Waals surface area contributed by atoms with Crippen molar-refractivity contribution in [2.75, 3.05) is 31.4 Å². The molecular weight excluding hydrogens is 610 g/mol. The zero-order chi connectivity index (χ0) is 32.5. The van der Waals surface area contributed by atoms with E-state index in [0.29, 0.717) is 31.2 Å². The SMILES string of the molecule is COC(=O)Nc1ccc(S(=O)(=O)C2CC2)c([C@H]2CCCN2C(=O)[C@H](Nc2cc(C(N)=O)ccc2F)c2ccc(F)c(OC)c2)c1. The van der Waals surface area contributed by atoms with Crippen molar-refractivity contribution < 1.29 is 41.1 Å². The van der Waals surface area contributed by atoms with Gasteiger partial charge in [-0.15, -0.1) is 0 Å². The van der Waals surface area contributed by atoms with Crippen molar-refractivity contribution in [1.82, 2.24) is 4.90 Å². The smallest absolute Gasteiger partial charge is 0.411 e. The van der Waals surface area contributed by atoms with Crippen LogP contribution in [-0.4, -0.2) is 57.2 Å². The van der Waals surface area contributed by atoms with Crippen LogP contribution in [0.15, 0.2) is 59.5 Å². The molecule has 1 aliphatic carbocycles. The first kappa shape index (κ1) is 31.7. The Bertz CT molecular complexity index is 1760. The third-order valence-corrected chi connectivity index (χ3v) is 10.2. The summed E-state index contributed by atoms with van der Waals surface area (Å²) in [5, 5.41) is 4.86. The van der Waals surface area contributed by atoms with E-state index in [1.807, 2.05) is 0 Å². The minimum atomic E-state index is -3.74. The lowest BCUT2D eigenvalue weighted by Crippen LogP contribution is -2.38. The Morgan fingerprint density at radius 1 is 0.978 bits per heavy atom. The average Bonchev–Trinajstić information content (AvgIpc) is 3.78. The molecule has 3 amide bonds. The molecule has 238 valence electrons. The van der Waals surface area contributed by atoms with Gasteiger partial charge in [0.25, 0.3) is 0 Å². The molecule has 0 spiro atoms. The Morgan fingerprint density at radius 3 is 2.38 bits per heavy atom. The minimum absolute atomic E-state index is 0.00863. The molecule has 2 atom stereocenters. The van der Waals surface area contributed by atoms with E-state index >= 15 is 4.39 Å². The van der Waals surface area contributed by atoms with Crippen LogP contribution in [0.1, 0.15) is 59.3 Å². The van der Waals surface area contributed by atoms with E-state index in [2.05, 4.69) is 15.4 Å². The standard InChI is InChI=1S/C31H32F2N4O7S/c1-43-26-15-17(5-11-23(26)33)28(36-24-14-18(29(34)38)6-10-22(24)32)30(39)37-13-3-4-25(37)21-16-19(35-31(40)44-2)7-12-27(21)45(41,42)20-8-9-20/h5-7,10-12,14-16,20,25,28,36H,3-4,8-9,13H2,1-2H3,(H2,34,38)(H,35,40)/t25-,28-/m1/s1. The van der Waals surface area contributed by atoms with Crippen molar-refractivity contribution in [3.8, 4) is 5.75 Å². The first-order valence-corrected chi connectivity index (χ1v) is 15.7. The summed E-state index contributed by atoms with van der Waals surface area (Å²) in [7, 11) is -1.28. The lowest BCUT2D eigenvalue weighted by Gasteiger charge is -2.31. The molecule has 3 aromatic rings. The number of amides is 3. The van der Waals surface area contributed by atoms with Gasteiger partial charge in [-0.2, -0.15) is 0 Å². The molecular formula is C31H32F2N4O7S. The molecule has 1 heterocycles. The van der Waals surface area contributed by atoms with E-state index in [1.54, 1.807) is 0 Å². The molecule has 1 saturated heterocycles. The highest BCUT2D eigenvalue weighted by Crippen LogP contribution is 2.43. The van der Waals surface area contributed by atoms with Gasteiger partial charge in [0.15, 0.2) is 21.4 Å². The fraction of sp³-hybridized carbons (Fsp3) is 0.323. The molecule has 0 bridgehead atoms. The summed E-state index contributed by atoms with van der Waals surface area (Å²) >= 11 is 0. The lowest BCUT2D eigenvalue weighted by atomic mass is 10.0. The van der Waals surface area contributed by atoms with Gasteiger partial charge in [0, 0.05) is 17.8 Å². The van der Waals surface area contributed by atoms with Crippen LogP contribution < -0.4 is 21.1 Å². The second-order valence-corrected chi connectivity index (χ2v) is 13.0. The number of hydrogen-bond donors (Lipinski definition) is 3. The summed E-state index contributed by atoms with van der Waals surface area (Å²) in [6, 6.07) is 9.48. The van der Waals surface area contributed by atoms with Crippen molar-refractivity contribution in [3.05, 3.63) is 82.9 Å². The number of nitrogens with two attached hydrogens (primary N) is 1. The summed E-state index contributed by atoms with van der Waals surface area (Å²) in [6.45, 7) is 0.224. The summed E-state index contributed by atoms with van der Waals surface area (Å²) in [4.78, 5) is 39.7. The maximum atomic E-state index is 15.0. The summed E-state index contributed by atoms with van der Waals surface area (Å²) in [5.74, 6) is -3.00. The molecule has 2 aliphatic rings. The Hall–Kier alpha value is -4.72. The summed E-state index contributed by atoms with van der Waals surface area (Å²) in [6.07, 6.45) is 1.19. The van der Waals surface area contributed by atoms with Crippen LogP contribution in [0.25, 0.3) is 0 Å². The predicted octanol–water partition coefficient (Wildman–Crippen LogP) is 4.70. The molecule has 4 N–H and O–H groups in total. The van der Waals surface area contributed by atoms with Crippen LogP contribution in [0.5, 0.6) is 5.75 Å². The minimum Gasteiger partial charge on any atom is -0.494 e. The number of carbonyl (C=O) groups is 3. The number of halogens is 2. The number of likely N-dealkylation sites (tertiary alicyclic amines) is 1. The average molecular weight is 643 g/mol. The van der Waals surface area contributed by atoms with Crippen LogP contribution in [0.2, 0.25) is 0 Å². The van der Waals surface area contributed by atoms with Crippen molar-refractivity contribution in [1.29, 1.82) is 0 Å². The van der Waals surface area contributed by atoms with Crippen LogP contribution in [-0.2, 0) is 19.4 Å². The Labute approximate surface area is 258 Å². The van der Waals surface area contributed by atoms with Crippen LogP contribution in [0, 0.1) is 11.6 Å². The fourth-order valence-corrected chi connectivity index (χ4v) is 7.38. The van der Waals surface area contributed by atoms with Crippen LogP contribution in [0.3, 0.4) is 0 Å². The monoisotopic (exact) mass is 642 g/mol. The van der Waals surface area contributed by atoms with Gasteiger partial charge >= 0.3 is 6.09 Å². The highest BCUT2D eigenvalue weighted by molar-refractivity contribution is 7.92. The van der Waals surface area contributed by atoms with Gasteiger partial charge in [0.1, 0.15) is 11.9 Å². The number of methoxy groups -OCH3 is 2. The molecule has 0 aromatic heterocycles. The third-order valence-electron chi connectivity index (χ3n) is 7.91. The van der Waals surface area contributed by atoms with E-state index < -0.39 is 56.7 Å². The Morgan fingerprint density at radius 2 is 1.71 bits per heavy atom. The fourth-order valence-electron chi connectivity index (χ4n) is 5.48. The van der Waals surface area contributed by atoms with E-state index in [4.69, 9.17) is 10.5 Å². The van der Waals surface area contributed by atoms with Crippen molar-refractivity contribution in [3.63, 3.8) is 0 Å². The summed E-state index contributed by atoms with van der Waals surface area (Å²) < 4.78 is 66.2. The highest BCUT2D eigenvalue weighted by Gasteiger charge is 2.42. The highest BCUT2D eigenvalue weighted by atomic mass is 32.2. The van der Waals surface area contributed by atoms with Gasteiger partial charge in [0.2, 0.25) is 11.8 Å². The number of primary amides is 1. The van der Waals surface area contributed by atoms with Crippen molar-refractivity contribution >= 4 is 39.1 Å². The number of nitrogens with zero attached hydrogens (tertiary/aromatic N) is 1. The second kappa shape index (κ2) is 12.7. The van der Waals surface area contributed by atoms with Gasteiger partial charge in [0.05, 0.1) is 36.1 Å². The topological polar surface area (TPSA) is 157 Å².